The summed E-state index contributed by atoms with van der Waals surface area (Å²) in [6, 6.07) is 6.13. The molecule has 20 heavy (non-hydrogen) atoms. The standard InChI is InChI=1S/C15H22N2O2.ClH/c1-18-14-3-11(4-15(5-14)19-2)8-17-9-12-6-16-7-13(12)10-17;/h3-5,12-13,16H,6-10H2,1-2H3;1H/t12-,13+;. The van der Waals surface area contributed by atoms with Crippen LogP contribution in [0.5, 0.6) is 11.5 Å². The zero-order chi connectivity index (χ0) is 13.2. The van der Waals surface area contributed by atoms with Crippen molar-refractivity contribution in [3.05, 3.63) is 23.8 Å². The summed E-state index contributed by atoms with van der Waals surface area (Å²) in [5.74, 6) is 3.42. The van der Waals surface area contributed by atoms with E-state index < -0.39 is 0 Å². The summed E-state index contributed by atoms with van der Waals surface area (Å²) in [7, 11) is 3.40. The van der Waals surface area contributed by atoms with Crippen LogP contribution in [0.1, 0.15) is 5.56 Å². The summed E-state index contributed by atoms with van der Waals surface area (Å²) >= 11 is 0. The van der Waals surface area contributed by atoms with Crippen LogP contribution in [0.2, 0.25) is 0 Å². The molecular formula is C15H23ClN2O2. The first kappa shape index (κ1) is 15.4. The van der Waals surface area contributed by atoms with Crippen LogP contribution in [0.25, 0.3) is 0 Å². The summed E-state index contributed by atoms with van der Waals surface area (Å²) in [5.41, 5.74) is 1.27. The van der Waals surface area contributed by atoms with Crippen LogP contribution in [0, 0.1) is 11.8 Å². The van der Waals surface area contributed by atoms with E-state index >= 15 is 0 Å². The van der Waals surface area contributed by atoms with Gasteiger partial charge in [0.05, 0.1) is 14.2 Å². The number of likely N-dealkylation sites (tertiary alicyclic amines) is 1. The van der Waals surface area contributed by atoms with Gasteiger partial charge in [-0.05, 0) is 42.6 Å². The molecule has 2 atom stereocenters. The molecule has 0 spiro atoms. The third-order valence-corrected chi connectivity index (χ3v) is 4.28. The van der Waals surface area contributed by atoms with Crippen LogP contribution in [0.15, 0.2) is 18.2 Å². The van der Waals surface area contributed by atoms with Crippen LogP contribution in [-0.4, -0.2) is 45.3 Å². The summed E-state index contributed by atoms with van der Waals surface area (Å²) in [6.45, 7) is 5.76. The fourth-order valence-electron chi connectivity index (χ4n) is 3.30. The Morgan fingerprint density at radius 1 is 1.05 bits per heavy atom. The van der Waals surface area contributed by atoms with Crippen LogP contribution < -0.4 is 14.8 Å². The van der Waals surface area contributed by atoms with Gasteiger partial charge < -0.3 is 14.8 Å². The fraction of sp³-hybridized carbons (Fsp3) is 0.600. The fourth-order valence-corrected chi connectivity index (χ4v) is 3.30. The Bertz CT molecular complexity index is 421. The lowest BCUT2D eigenvalue weighted by Gasteiger charge is -2.18. The molecule has 0 amide bonds. The topological polar surface area (TPSA) is 33.7 Å². The monoisotopic (exact) mass is 298 g/mol. The molecule has 0 saturated carbocycles. The van der Waals surface area contributed by atoms with E-state index in [1.54, 1.807) is 14.2 Å². The molecule has 2 heterocycles. The van der Waals surface area contributed by atoms with E-state index in [2.05, 4.69) is 22.3 Å². The third kappa shape index (κ3) is 3.19. The second-order valence-electron chi connectivity index (χ2n) is 5.59. The van der Waals surface area contributed by atoms with Crippen LogP contribution in [-0.2, 0) is 6.54 Å². The summed E-state index contributed by atoms with van der Waals surface area (Å²) in [5, 5.41) is 3.48. The predicted octanol–water partition coefficient (Wildman–Crippen LogP) is 1.78. The summed E-state index contributed by atoms with van der Waals surface area (Å²) in [4.78, 5) is 2.55. The molecule has 0 unspecified atom stereocenters. The average Bonchev–Trinajstić information content (AvgIpc) is 2.99. The van der Waals surface area contributed by atoms with Gasteiger partial charge in [-0.1, -0.05) is 0 Å². The SMILES string of the molecule is COc1cc(CN2C[C@H]3CNC[C@H]3C2)cc(OC)c1.Cl. The molecule has 2 aliphatic heterocycles. The Kier molecular flexibility index (Phi) is 5.13. The molecule has 2 aliphatic rings. The minimum atomic E-state index is 0. The molecule has 2 fully saturated rings. The predicted molar refractivity (Wildman–Crippen MR) is 81.9 cm³/mol. The van der Waals surface area contributed by atoms with E-state index in [-0.39, 0.29) is 12.4 Å². The highest BCUT2D eigenvalue weighted by atomic mass is 35.5. The summed E-state index contributed by atoms with van der Waals surface area (Å²) in [6.07, 6.45) is 0. The Morgan fingerprint density at radius 2 is 1.60 bits per heavy atom. The number of hydrogen-bond acceptors (Lipinski definition) is 4. The third-order valence-electron chi connectivity index (χ3n) is 4.28. The first-order valence-corrected chi connectivity index (χ1v) is 6.93. The first-order valence-electron chi connectivity index (χ1n) is 6.93. The van der Waals surface area contributed by atoms with Crippen molar-refractivity contribution in [2.24, 2.45) is 11.8 Å². The van der Waals surface area contributed by atoms with Gasteiger partial charge in [0, 0.05) is 25.7 Å². The molecule has 0 radical (unpaired) electrons. The van der Waals surface area contributed by atoms with Crippen molar-refractivity contribution in [1.82, 2.24) is 10.2 Å². The number of fused-ring (bicyclic) bond motifs is 1. The van der Waals surface area contributed by atoms with Gasteiger partial charge >= 0.3 is 0 Å². The van der Waals surface area contributed by atoms with Crippen molar-refractivity contribution in [3.63, 3.8) is 0 Å². The largest absolute Gasteiger partial charge is 0.497 e. The molecular weight excluding hydrogens is 276 g/mol. The molecule has 0 aromatic heterocycles. The number of methoxy groups -OCH3 is 2. The number of rotatable bonds is 4. The molecule has 0 aliphatic carbocycles. The van der Waals surface area contributed by atoms with Crippen molar-refractivity contribution in [2.75, 3.05) is 40.4 Å². The van der Waals surface area contributed by atoms with Gasteiger partial charge in [-0.15, -0.1) is 12.4 Å². The maximum atomic E-state index is 5.33. The minimum Gasteiger partial charge on any atom is -0.497 e. The van der Waals surface area contributed by atoms with Crippen LogP contribution >= 0.6 is 12.4 Å². The van der Waals surface area contributed by atoms with Gasteiger partial charge in [0.1, 0.15) is 11.5 Å². The number of nitrogens with one attached hydrogen (secondary N) is 1. The quantitative estimate of drug-likeness (QED) is 0.919. The van der Waals surface area contributed by atoms with Gasteiger partial charge in [-0.2, -0.15) is 0 Å². The minimum absolute atomic E-state index is 0. The Hall–Kier alpha value is -0.970. The van der Waals surface area contributed by atoms with Crippen LogP contribution in [0.3, 0.4) is 0 Å². The van der Waals surface area contributed by atoms with Crippen molar-refractivity contribution < 1.29 is 9.47 Å². The van der Waals surface area contributed by atoms with E-state index in [0.29, 0.717) is 0 Å². The van der Waals surface area contributed by atoms with E-state index in [1.807, 2.05) is 6.07 Å². The van der Waals surface area contributed by atoms with Gasteiger partial charge in [0.2, 0.25) is 0 Å². The normalized spacial score (nSPS) is 25.1. The van der Waals surface area contributed by atoms with Crippen molar-refractivity contribution >= 4 is 12.4 Å². The lowest BCUT2D eigenvalue weighted by molar-refractivity contribution is 0.304. The first-order chi connectivity index (χ1) is 9.28. The number of halogens is 1. The van der Waals surface area contributed by atoms with E-state index in [1.165, 1.54) is 31.7 Å². The van der Waals surface area contributed by atoms with Crippen molar-refractivity contribution in [1.29, 1.82) is 0 Å². The van der Waals surface area contributed by atoms with Gasteiger partial charge in [0.25, 0.3) is 0 Å². The lowest BCUT2D eigenvalue weighted by Crippen LogP contribution is -2.25. The average molecular weight is 299 g/mol. The maximum absolute atomic E-state index is 5.33. The number of hydrogen-bond donors (Lipinski definition) is 1. The van der Waals surface area contributed by atoms with Gasteiger partial charge in [-0.3, -0.25) is 4.90 Å². The van der Waals surface area contributed by atoms with Crippen LogP contribution in [0.4, 0.5) is 0 Å². The highest BCUT2D eigenvalue weighted by Crippen LogP contribution is 2.29. The summed E-state index contributed by atoms with van der Waals surface area (Å²) < 4.78 is 10.7. The van der Waals surface area contributed by atoms with E-state index in [9.17, 15) is 0 Å². The molecule has 5 heteroatoms. The van der Waals surface area contributed by atoms with Gasteiger partial charge in [-0.25, -0.2) is 0 Å². The molecule has 4 nitrogen and oxygen atoms in total. The van der Waals surface area contributed by atoms with Crippen molar-refractivity contribution in [2.45, 2.75) is 6.54 Å². The highest BCUT2D eigenvalue weighted by Gasteiger charge is 2.35. The molecule has 0 bridgehead atoms. The Morgan fingerprint density at radius 3 is 2.10 bits per heavy atom. The van der Waals surface area contributed by atoms with Crippen molar-refractivity contribution in [3.8, 4) is 11.5 Å². The number of benzene rings is 1. The molecule has 2 saturated heterocycles. The number of nitrogens with zero attached hydrogens (tertiary/aromatic N) is 1. The molecule has 1 aromatic rings. The Labute approximate surface area is 126 Å². The Balaban J connectivity index is 0.00000147. The molecule has 1 N–H and O–H groups in total. The zero-order valence-corrected chi connectivity index (χ0v) is 12.9. The highest BCUT2D eigenvalue weighted by molar-refractivity contribution is 5.85. The zero-order valence-electron chi connectivity index (χ0n) is 12.1. The molecule has 3 rings (SSSR count). The molecule has 112 valence electrons. The van der Waals surface area contributed by atoms with E-state index in [4.69, 9.17) is 9.47 Å². The second-order valence-corrected chi connectivity index (χ2v) is 5.59. The smallest absolute Gasteiger partial charge is 0.122 e. The second kappa shape index (κ2) is 6.66. The van der Waals surface area contributed by atoms with E-state index in [0.717, 1.165) is 29.9 Å². The lowest BCUT2D eigenvalue weighted by atomic mass is 10.0. The maximum Gasteiger partial charge on any atom is 0.122 e. The number of ether oxygens (including phenoxy) is 2. The molecule has 1 aromatic carbocycles. The van der Waals surface area contributed by atoms with Gasteiger partial charge in [0.15, 0.2) is 0 Å².